The Morgan fingerprint density at radius 3 is 2.71 bits per heavy atom. The van der Waals surface area contributed by atoms with E-state index < -0.39 is 5.60 Å². The van der Waals surface area contributed by atoms with Crippen molar-refractivity contribution in [2.24, 2.45) is 0 Å². The summed E-state index contributed by atoms with van der Waals surface area (Å²) >= 11 is 5.15. The minimum atomic E-state index is -0.468. The van der Waals surface area contributed by atoms with Crippen molar-refractivity contribution in [2.75, 3.05) is 6.54 Å². The van der Waals surface area contributed by atoms with Crippen molar-refractivity contribution in [1.82, 2.24) is 9.88 Å². The van der Waals surface area contributed by atoms with Crippen LogP contribution in [0.5, 0.6) is 0 Å². The first-order valence-corrected chi connectivity index (χ1v) is 7.88. The van der Waals surface area contributed by atoms with Gasteiger partial charge in [0.2, 0.25) is 0 Å². The minimum absolute atomic E-state index is 0.0699. The van der Waals surface area contributed by atoms with E-state index in [2.05, 4.69) is 4.98 Å². The average molecular weight is 308 g/mol. The second-order valence-corrected chi connectivity index (χ2v) is 7.03. The number of hydrogen-bond donors (Lipinski definition) is 1. The van der Waals surface area contributed by atoms with Crippen LogP contribution < -0.4 is 0 Å². The summed E-state index contributed by atoms with van der Waals surface area (Å²) in [6, 6.07) is 3.99. The molecule has 1 atom stereocenters. The molecule has 0 aromatic carbocycles. The third-order valence-corrected chi connectivity index (χ3v) is 3.89. The van der Waals surface area contributed by atoms with Gasteiger partial charge in [0.1, 0.15) is 10.2 Å². The van der Waals surface area contributed by atoms with Gasteiger partial charge < -0.3 is 14.6 Å². The molecular weight excluding hydrogens is 284 g/mol. The van der Waals surface area contributed by atoms with Gasteiger partial charge in [-0.1, -0.05) is 18.3 Å². The van der Waals surface area contributed by atoms with E-state index in [1.165, 1.54) is 0 Å². The van der Waals surface area contributed by atoms with Crippen LogP contribution in [-0.2, 0) is 4.74 Å². The Labute approximate surface area is 131 Å². The summed E-state index contributed by atoms with van der Waals surface area (Å²) in [7, 11) is 0. The van der Waals surface area contributed by atoms with Gasteiger partial charge in [0.15, 0.2) is 0 Å². The lowest BCUT2D eigenvalue weighted by atomic mass is 9.95. The number of aryl methyl sites for hydroxylation is 1. The van der Waals surface area contributed by atoms with Gasteiger partial charge in [-0.3, -0.25) is 0 Å². The monoisotopic (exact) mass is 308 g/mol. The topological polar surface area (TPSA) is 45.3 Å². The first-order valence-electron chi connectivity index (χ1n) is 7.47. The fraction of sp³-hybridized carbons (Fsp3) is 0.625. The largest absolute Gasteiger partial charge is 0.444 e. The second kappa shape index (κ2) is 6.18. The first-order chi connectivity index (χ1) is 9.78. The highest BCUT2D eigenvalue weighted by Crippen LogP contribution is 2.33. The van der Waals surface area contributed by atoms with Crippen LogP contribution in [0.2, 0.25) is 0 Å². The molecule has 1 saturated heterocycles. The summed E-state index contributed by atoms with van der Waals surface area (Å²) in [5.41, 5.74) is 1.70. The number of likely N-dealkylation sites (tertiary alicyclic amines) is 1. The number of carbonyl (C=O) groups excluding carboxylic acids is 1. The summed E-state index contributed by atoms with van der Waals surface area (Å²) in [6.07, 6.45) is 2.88. The van der Waals surface area contributed by atoms with Gasteiger partial charge in [-0.25, -0.2) is 4.79 Å². The van der Waals surface area contributed by atoms with Gasteiger partial charge in [0, 0.05) is 12.2 Å². The number of piperidine rings is 1. The molecule has 21 heavy (non-hydrogen) atoms. The number of amides is 1. The lowest BCUT2D eigenvalue weighted by molar-refractivity contribution is 0.00941. The number of nitrogens with one attached hydrogen (secondary N) is 1. The van der Waals surface area contributed by atoms with E-state index in [1.807, 2.05) is 44.7 Å². The molecule has 1 aromatic heterocycles. The van der Waals surface area contributed by atoms with Crippen molar-refractivity contribution < 1.29 is 9.53 Å². The van der Waals surface area contributed by atoms with Crippen LogP contribution >= 0.6 is 12.2 Å². The molecule has 1 aliphatic rings. The maximum atomic E-state index is 12.4. The number of aromatic amines is 1. The zero-order valence-electron chi connectivity index (χ0n) is 13.2. The number of aromatic nitrogens is 1. The predicted molar refractivity (Wildman–Crippen MR) is 85.9 cm³/mol. The van der Waals surface area contributed by atoms with E-state index in [0.29, 0.717) is 0 Å². The third-order valence-electron chi connectivity index (χ3n) is 3.65. The van der Waals surface area contributed by atoms with Gasteiger partial charge >= 0.3 is 6.09 Å². The Morgan fingerprint density at radius 1 is 1.38 bits per heavy atom. The van der Waals surface area contributed by atoms with E-state index in [0.717, 1.165) is 41.7 Å². The van der Waals surface area contributed by atoms with Crippen LogP contribution in [0, 0.1) is 11.6 Å². The molecule has 1 fully saturated rings. The number of hydrogen-bond acceptors (Lipinski definition) is 3. The molecule has 0 bridgehead atoms. The number of carbonyl (C=O) groups is 1. The maximum absolute atomic E-state index is 12.4. The molecule has 2 heterocycles. The molecule has 1 amide bonds. The van der Waals surface area contributed by atoms with Crippen molar-refractivity contribution in [3.8, 4) is 0 Å². The van der Waals surface area contributed by atoms with E-state index >= 15 is 0 Å². The van der Waals surface area contributed by atoms with E-state index in [4.69, 9.17) is 17.0 Å². The quantitative estimate of drug-likeness (QED) is 0.776. The van der Waals surface area contributed by atoms with Gasteiger partial charge in [-0.15, -0.1) is 0 Å². The highest BCUT2D eigenvalue weighted by atomic mass is 32.1. The zero-order valence-corrected chi connectivity index (χ0v) is 14.0. The minimum Gasteiger partial charge on any atom is -0.444 e. The van der Waals surface area contributed by atoms with Gasteiger partial charge in [-0.05, 0) is 58.6 Å². The molecule has 0 radical (unpaired) electrons. The van der Waals surface area contributed by atoms with E-state index in [9.17, 15) is 4.79 Å². The van der Waals surface area contributed by atoms with Crippen LogP contribution in [0.25, 0.3) is 0 Å². The second-order valence-electron chi connectivity index (χ2n) is 6.59. The van der Waals surface area contributed by atoms with Gasteiger partial charge in [0.25, 0.3) is 0 Å². The lowest BCUT2D eigenvalue weighted by Crippen LogP contribution is -2.42. The molecule has 1 aliphatic heterocycles. The summed E-state index contributed by atoms with van der Waals surface area (Å²) in [6.45, 7) is 8.44. The van der Waals surface area contributed by atoms with Gasteiger partial charge in [0.05, 0.1) is 6.04 Å². The number of pyridine rings is 1. The van der Waals surface area contributed by atoms with Crippen molar-refractivity contribution in [3.63, 3.8) is 0 Å². The molecule has 2 rings (SSSR count). The van der Waals surface area contributed by atoms with Crippen LogP contribution in [0.1, 0.15) is 57.3 Å². The number of ether oxygens (including phenoxy) is 1. The summed E-state index contributed by atoms with van der Waals surface area (Å²) in [4.78, 5) is 17.5. The third kappa shape index (κ3) is 4.06. The first kappa shape index (κ1) is 16.0. The average Bonchev–Trinajstić information content (AvgIpc) is 2.37. The predicted octanol–water partition coefficient (Wildman–Crippen LogP) is 4.51. The molecule has 4 nitrogen and oxygen atoms in total. The Bertz CT molecular complexity index is 574. The van der Waals surface area contributed by atoms with Crippen LogP contribution in [0.4, 0.5) is 4.79 Å². The van der Waals surface area contributed by atoms with Crippen LogP contribution in [0.3, 0.4) is 0 Å². The fourth-order valence-corrected chi connectivity index (χ4v) is 2.97. The normalized spacial score (nSPS) is 19.4. The lowest BCUT2D eigenvalue weighted by Gasteiger charge is -2.37. The molecule has 0 saturated carbocycles. The molecular formula is C16H24N2O2S. The molecule has 0 spiro atoms. The number of nitrogens with zero attached hydrogens (tertiary/aromatic N) is 1. The molecule has 116 valence electrons. The fourth-order valence-electron chi connectivity index (χ4n) is 2.74. The van der Waals surface area contributed by atoms with Crippen molar-refractivity contribution in [2.45, 2.75) is 58.6 Å². The highest BCUT2D eigenvalue weighted by Gasteiger charge is 2.32. The Kier molecular flexibility index (Phi) is 4.71. The number of rotatable bonds is 1. The van der Waals surface area contributed by atoms with Crippen LogP contribution in [-0.4, -0.2) is 28.1 Å². The Hall–Kier alpha value is -1.36. The standard InChI is InChI=1S/C16H24N2O2S/c1-11-12(8-9-14(21)17-11)13-7-5-6-10-18(13)15(19)20-16(2,3)4/h8-9,13H,5-7,10H2,1-4H3,(H,17,21)/t13-/m0/s1. The molecule has 0 unspecified atom stereocenters. The molecule has 5 heteroatoms. The maximum Gasteiger partial charge on any atom is 0.410 e. The highest BCUT2D eigenvalue weighted by molar-refractivity contribution is 7.71. The Balaban J connectivity index is 2.26. The van der Waals surface area contributed by atoms with Crippen molar-refractivity contribution >= 4 is 18.3 Å². The van der Waals surface area contributed by atoms with Crippen LogP contribution in [0.15, 0.2) is 12.1 Å². The molecule has 1 N–H and O–H groups in total. The molecule has 0 aliphatic carbocycles. The summed E-state index contributed by atoms with van der Waals surface area (Å²) < 4.78 is 6.27. The smallest absolute Gasteiger partial charge is 0.410 e. The van der Waals surface area contributed by atoms with E-state index in [1.54, 1.807) is 0 Å². The summed E-state index contributed by atoms with van der Waals surface area (Å²) in [5.74, 6) is 0. The molecule has 1 aromatic rings. The SMILES string of the molecule is Cc1[nH]c(=S)ccc1[C@@H]1CCCCN1C(=O)OC(C)(C)C. The Morgan fingerprint density at radius 2 is 2.10 bits per heavy atom. The van der Waals surface area contributed by atoms with Gasteiger partial charge in [-0.2, -0.15) is 0 Å². The summed E-state index contributed by atoms with van der Waals surface area (Å²) in [5, 5.41) is 0. The van der Waals surface area contributed by atoms with E-state index in [-0.39, 0.29) is 12.1 Å². The number of H-pyrrole nitrogens is 1. The van der Waals surface area contributed by atoms with Crippen molar-refractivity contribution in [3.05, 3.63) is 28.0 Å². The zero-order chi connectivity index (χ0) is 15.6. The van der Waals surface area contributed by atoms with Crippen molar-refractivity contribution in [1.29, 1.82) is 0 Å².